The Morgan fingerprint density at radius 3 is 2.62 bits per heavy atom. The van der Waals surface area contributed by atoms with Gasteiger partial charge in [0.2, 0.25) is 0 Å². The molecule has 0 saturated heterocycles. The third kappa shape index (κ3) is 3.56. The predicted octanol–water partition coefficient (Wildman–Crippen LogP) is 3.47. The van der Waals surface area contributed by atoms with Crippen LogP contribution in [0.25, 0.3) is 0 Å². The van der Waals surface area contributed by atoms with Crippen molar-refractivity contribution in [3.63, 3.8) is 0 Å². The van der Waals surface area contributed by atoms with Crippen LogP contribution in [0.3, 0.4) is 0 Å². The minimum absolute atomic E-state index is 0.0805. The molecule has 5 heteroatoms. The number of hydrogen-bond acceptors (Lipinski definition) is 3. The van der Waals surface area contributed by atoms with Gasteiger partial charge in [0.15, 0.2) is 0 Å². The van der Waals surface area contributed by atoms with Crippen LogP contribution in [0.1, 0.15) is 29.7 Å². The highest BCUT2D eigenvalue weighted by Gasteiger charge is 2.12. The highest BCUT2D eigenvalue weighted by molar-refractivity contribution is 5.36. The normalized spacial score (nSPS) is 11.8. The van der Waals surface area contributed by atoms with E-state index in [1.54, 1.807) is 0 Å². The highest BCUT2D eigenvalue weighted by atomic mass is 19.1. The predicted molar refractivity (Wildman–Crippen MR) is 72.5 cm³/mol. The van der Waals surface area contributed by atoms with Crippen LogP contribution in [0.2, 0.25) is 0 Å². The fourth-order valence-electron chi connectivity index (χ4n) is 1.87. The van der Waals surface area contributed by atoms with Gasteiger partial charge in [-0.25, -0.2) is 8.78 Å². The molecule has 108 valence electrons. The van der Waals surface area contributed by atoms with E-state index in [1.165, 1.54) is 37.3 Å². The molecule has 0 bridgehead atoms. The van der Waals surface area contributed by atoms with Crippen LogP contribution >= 0.6 is 0 Å². The molecule has 21 heavy (non-hydrogen) atoms. The standard InChI is InChI=1S/C16H13F2NO2/c1-10(20)14-7-13(17)4-5-16(14)21-9-12-3-2-11(8-19)6-15(12)18/h2-7,10,20H,9H2,1H3/t10-/m0/s1. The molecular weight excluding hydrogens is 276 g/mol. The van der Waals surface area contributed by atoms with E-state index in [0.29, 0.717) is 5.56 Å². The molecule has 0 radical (unpaired) electrons. The molecule has 0 amide bonds. The second-order valence-electron chi connectivity index (χ2n) is 4.56. The van der Waals surface area contributed by atoms with Crippen LogP contribution < -0.4 is 4.74 Å². The van der Waals surface area contributed by atoms with E-state index in [1.807, 2.05) is 6.07 Å². The van der Waals surface area contributed by atoms with Crippen LogP contribution in [-0.4, -0.2) is 5.11 Å². The summed E-state index contributed by atoms with van der Waals surface area (Å²) in [6.45, 7) is 1.41. The first-order valence-electron chi connectivity index (χ1n) is 6.30. The number of benzene rings is 2. The largest absolute Gasteiger partial charge is 0.488 e. The quantitative estimate of drug-likeness (QED) is 0.937. The average molecular weight is 289 g/mol. The van der Waals surface area contributed by atoms with Crippen LogP contribution in [0.5, 0.6) is 5.75 Å². The summed E-state index contributed by atoms with van der Waals surface area (Å²) in [6, 6.07) is 9.68. The van der Waals surface area contributed by atoms with Crippen molar-refractivity contribution in [1.82, 2.24) is 0 Å². The fourth-order valence-corrected chi connectivity index (χ4v) is 1.87. The maximum absolute atomic E-state index is 13.7. The first-order chi connectivity index (χ1) is 10.0. The topological polar surface area (TPSA) is 53.2 Å². The minimum atomic E-state index is -0.901. The maximum atomic E-state index is 13.7. The molecular formula is C16H13F2NO2. The Morgan fingerprint density at radius 2 is 2.00 bits per heavy atom. The lowest BCUT2D eigenvalue weighted by Crippen LogP contribution is -2.03. The van der Waals surface area contributed by atoms with Crippen molar-refractivity contribution in [2.75, 3.05) is 0 Å². The highest BCUT2D eigenvalue weighted by Crippen LogP contribution is 2.27. The van der Waals surface area contributed by atoms with Gasteiger partial charge in [0.05, 0.1) is 17.7 Å². The second-order valence-corrected chi connectivity index (χ2v) is 4.56. The molecule has 0 aliphatic rings. The van der Waals surface area contributed by atoms with Crippen molar-refractivity contribution < 1.29 is 18.6 Å². The third-order valence-electron chi connectivity index (χ3n) is 2.99. The molecule has 1 N–H and O–H groups in total. The van der Waals surface area contributed by atoms with Gasteiger partial charge in [-0.05, 0) is 37.3 Å². The zero-order valence-corrected chi connectivity index (χ0v) is 11.3. The number of nitriles is 1. The number of aliphatic hydroxyl groups excluding tert-OH is 1. The summed E-state index contributed by atoms with van der Waals surface area (Å²) >= 11 is 0. The Labute approximate surface area is 121 Å². The second kappa shape index (κ2) is 6.33. The summed E-state index contributed by atoms with van der Waals surface area (Å²) in [6.07, 6.45) is -0.901. The lowest BCUT2D eigenvalue weighted by atomic mass is 10.1. The number of ether oxygens (including phenoxy) is 1. The number of nitrogens with zero attached hydrogens (tertiary/aromatic N) is 1. The molecule has 0 aliphatic heterocycles. The van der Waals surface area contributed by atoms with Crippen molar-refractivity contribution in [1.29, 1.82) is 5.26 Å². The summed E-state index contributed by atoms with van der Waals surface area (Å²) in [5.41, 5.74) is 0.793. The monoisotopic (exact) mass is 289 g/mol. The molecule has 1 atom stereocenters. The third-order valence-corrected chi connectivity index (χ3v) is 2.99. The zero-order chi connectivity index (χ0) is 15.4. The van der Waals surface area contributed by atoms with Crippen molar-refractivity contribution in [3.8, 4) is 11.8 Å². The summed E-state index contributed by atoms with van der Waals surface area (Å²) in [4.78, 5) is 0. The van der Waals surface area contributed by atoms with E-state index >= 15 is 0 Å². The van der Waals surface area contributed by atoms with Gasteiger partial charge in [-0.2, -0.15) is 5.26 Å². The van der Waals surface area contributed by atoms with Crippen LogP contribution in [-0.2, 0) is 6.61 Å². The summed E-state index contributed by atoms with van der Waals surface area (Å²) < 4.78 is 32.3. The van der Waals surface area contributed by atoms with Gasteiger partial charge in [-0.3, -0.25) is 0 Å². The van der Waals surface area contributed by atoms with E-state index in [0.717, 1.165) is 6.07 Å². The van der Waals surface area contributed by atoms with E-state index in [9.17, 15) is 13.9 Å². The summed E-state index contributed by atoms with van der Waals surface area (Å²) in [7, 11) is 0. The van der Waals surface area contributed by atoms with E-state index in [2.05, 4.69) is 0 Å². The van der Waals surface area contributed by atoms with E-state index in [4.69, 9.17) is 10.00 Å². The summed E-state index contributed by atoms with van der Waals surface area (Å²) in [5, 5.41) is 18.3. The molecule has 2 rings (SSSR count). The Hall–Kier alpha value is -2.45. The van der Waals surface area contributed by atoms with Crippen LogP contribution in [0.15, 0.2) is 36.4 Å². The molecule has 0 spiro atoms. The van der Waals surface area contributed by atoms with Gasteiger partial charge in [-0.1, -0.05) is 6.07 Å². The van der Waals surface area contributed by atoms with Gasteiger partial charge >= 0.3 is 0 Å². The Bertz CT molecular complexity index is 693. The molecule has 3 nitrogen and oxygen atoms in total. The van der Waals surface area contributed by atoms with Crippen molar-refractivity contribution >= 4 is 0 Å². The van der Waals surface area contributed by atoms with Crippen LogP contribution in [0, 0.1) is 23.0 Å². The number of aliphatic hydroxyl groups is 1. The SMILES string of the molecule is C[C@H](O)c1cc(F)ccc1OCc1ccc(C#N)cc1F. The van der Waals surface area contributed by atoms with Gasteiger partial charge < -0.3 is 9.84 Å². The average Bonchev–Trinajstić information content (AvgIpc) is 2.46. The minimum Gasteiger partial charge on any atom is -0.488 e. The Morgan fingerprint density at radius 1 is 1.24 bits per heavy atom. The summed E-state index contributed by atoms with van der Waals surface area (Å²) in [5.74, 6) is -0.743. The van der Waals surface area contributed by atoms with Gasteiger partial charge in [0, 0.05) is 11.1 Å². The molecule has 0 aromatic heterocycles. The molecule has 0 heterocycles. The Balaban J connectivity index is 2.19. The zero-order valence-electron chi connectivity index (χ0n) is 11.3. The molecule has 2 aromatic rings. The van der Waals surface area contributed by atoms with E-state index in [-0.39, 0.29) is 23.5 Å². The number of halogens is 2. The van der Waals surface area contributed by atoms with Crippen molar-refractivity contribution in [3.05, 3.63) is 64.7 Å². The van der Waals surface area contributed by atoms with Gasteiger partial charge in [0.25, 0.3) is 0 Å². The van der Waals surface area contributed by atoms with Gasteiger partial charge in [-0.15, -0.1) is 0 Å². The first-order valence-corrected chi connectivity index (χ1v) is 6.30. The van der Waals surface area contributed by atoms with Crippen LogP contribution in [0.4, 0.5) is 8.78 Å². The number of hydrogen-bond donors (Lipinski definition) is 1. The Kier molecular flexibility index (Phi) is 4.51. The van der Waals surface area contributed by atoms with E-state index < -0.39 is 17.7 Å². The molecule has 0 saturated carbocycles. The molecule has 0 fully saturated rings. The first kappa shape index (κ1) is 14.9. The van der Waals surface area contributed by atoms with Gasteiger partial charge in [0.1, 0.15) is 24.0 Å². The van der Waals surface area contributed by atoms with Crippen molar-refractivity contribution in [2.24, 2.45) is 0 Å². The molecule has 0 aliphatic carbocycles. The fraction of sp³-hybridized carbons (Fsp3) is 0.188. The number of rotatable bonds is 4. The lowest BCUT2D eigenvalue weighted by Gasteiger charge is -2.14. The molecule has 0 unspecified atom stereocenters. The smallest absolute Gasteiger partial charge is 0.131 e. The lowest BCUT2D eigenvalue weighted by molar-refractivity contribution is 0.189. The molecule has 2 aromatic carbocycles. The maximum Gasteiger partial charge on any atom is 0.131 e. The van der Waals surface area contributed by atoms with Crippen molar-refractivity contribution in [2.45, 2.75) is 19.6 Å².